The number of ether oxygens (including phenoxy) is 2. The molecular formula is C18H17ClN2O3. The van der Waals surface area contributed by atoms with E-state index in [1.54, 1.807) is 7.11 Å². The summed E-state index contributed by atoms with van der Waals surface area (Å²) in [4.78, 5) is 4.34. The van der Waals surface area contributed by atoms with E-state index in [2.05, 4.69) is 10.1 Å². The molecular weight excluding hydrogens is 328 g/mol. The van der Waals surface area contributed by atoms with Crippen molar-refractivity contribution in [3.8, 4) is 22.9 Å². The normalized spacial score (nSPS) is 10.7. The molecule has 5 nitrogen and oxygen atoms in total. The minimum atomic E-state index is 0.198. The number of benzene rings is 2. The summed E-state index contributed by atoms with van der Waals surface area (Å²) in [5.74, 6) is 2.42. The molecule has 0 radical (unpaired) electrons. The zero-order valence-corrected chi connectivity index (χ0v) is 14.4. The fraction of sp³-hybridized carbons (Fsp3) is 0.222. The van der Waals surface area contributed by atoms with Crippen LogP contribution >= 0.6 is 11.6 Å². The second kappa shape index (κ2) is 6.93. The van der Waals surface area contributed by atoms with Crippen molar-refractivity contribution in [3.63, 3.8) is 0 Å². The van der Waals surface area contributed by atoms with Gasteiger partial charge in [-0.3, -0.25) is 0 Å². The Labute approximate surface area is 145 Å². The van der Waals surface area contributed by atoms with E-state index in [0.717, 1.165) is 33.2 Å². The van der Waals surface area contributed by atoms with Crippen molar-refractivity contribution in [2.75, 3.05) is 7.11 Å². The van der Waals surface area contributed by atoms with Crippen LogP contribution in [-0.2, 0) is 6.61 Å². The summed E-state index contributed by atoms with van der Waals surface area (Å²) in [5, 5.41) is 4.73. The fourth-order valence-electron chi connectivity index (χ4n) is 2.31. The van der Waals surface area contributed by atoms with E-state index in [0.29, 0.717) is 11.7 Å². The predicted molar refractivity (Wildman–Crippen MR) is 91.5 cm³/mol. The number of methoxy groups -OCH3 is 1. The van der Waals surface area contributed by atoms with Crippen LogP contribution in [0.15, 0.2) is 40.9 Å². The van der Waals surface area contributed by atoms with Gasteiger partial charge in [0, 0.05) is 10.6 Å². The van der Waals surface area contributed by atoms with Gasteiger partial charge in [0.25, 0.3) is 5.89 Å². The molecule has 3 aromatic rings. The summed E-state index contributed by atoms with van der Waals surface area (Å²) < 4.78 is 16.1. The van der Waals surface area contributed by atoms with Gasteiger partial charge in [-0.15, -0.1) is 0 Å². The fourth-order valence-corrected chi connectivity index (χ4v) is 2.41. The van der Waals surface area contributed by atoms with Crippen LogP contribution < -0.4 is 9.47 Å². The number of hydrogen-bond donors (Lipinski definition) is 0. The summed E-state index contributed by atoms with van der Waals surface area (Å²) in [6.07, 6.45) is 0. The molecule has 124 valence electrons. The third kappa shape index (κ3) is 3.51. The monoisotopic (exact) mass is 344 g/mol. The third-order valence-corrected chi connectivity index (χ3v) is 4.18. The number of nitrogens with zero attached hydrogens (tertiary/aromatic N) is 2. The van der Waals surface area contributed by atoms with Crippen molar-refractivity contribution in [2.24, 2.45) is 0 Å². The van der Waals surface area contributed by atoms with Crippen LogP contribution in [0.25, 0.3) is 11.4 Å². The molecule has 0 amide bonds. The van der Waals surface area contributed by atoms with E-state index in [9.17, 15) is 0 Å². The molecule has 6 heteroatoms. The van der Waals surface area contributed by atoms with Crippen molar-refractivity contribution in [2.45, 2.75) is 20.5 Å². The van der Waals surface area contributed by atoms with Gasteiger partial charge in [-0.25, -0.2) is 0 Å². The van der Waals surface area contributed by atoms with Crippen LogP contribution in [-0.4, -0.2) is 17.3 Å². The first kappa shape index (κ1) is 16.3. The highest BCUT2D eigenvalue weighted by atomic mass is 35.5. The molecule has 0 bridgehead atoms. The molecule has 0 aliphatic carbocycles. The predicted octanol–water partition coefficient (Wildman–Crippen LogP) is 4.59. The molecule has 0 N–H and O–H groups in total. The van der Waals surface area contributed by atoms with Gasteiger partial charge >= 0.3 is 0 Å². The number of aryl methyl sites for hydroxylation is 2. The first-order valence-electron chi connectivity index (χ1n) is 7.43. The molecule has 1 heterocycles. The molecule has 0 aliphatic heterocycles. The van der Waals surface area contributed by atoms with Gasteiger partial charge in [0.1, 0.15) is 11.5 Å². The van der Waals surface area contributed by atoms with Gasteiger partial charge in [-0.1, -0.05) is 16.8 Å². The third-order valence-electron chi connectivity index (χ3n) is 3.59. The molecule has 3 rings (SSSR count). The van der Waals surface area contributed by atoms with Crippen LogP contribution in [0.3, 0.4) is 0 Å². The van der Waals surface area contributed by atoms with E-state index >= 15 is 0 Å². The Bertz CT molecular complexity index is 821. The first-order valence-corrected chi connectivity index (χ1v) is 7.81. The smallest absolute Gasteiger partial charge is 0.264 e. The summed E-state index contributed by atoms with van der Waals surface area (Å²) in [7, 11) is 1.62. The second-order valence-corrected chi connectivity index (χ2v) is 5.78. The van der Waals surface area contributed by atoms with Crippen molar-refractivity contribution in [3.05, 3.63) is 58.4 Å². The Hall–Kier alpha value is -2.53. The Morgan fingerprint density at radius 1 is 1.04 bits per heavy atom. The Kier molecular flexibility index (Phi) is 4.71. The Morgan fingerprint density at radius 2 is 1.71 bits per heavy atom. The lowest BCUT2D eigenvalue weighted by molar-refractivity contribution is 0.242. The topological polar surface area (TPSA) is 57.4 Å². The van der Waals surface area contributed by atoms with Gasteiger partial charge in [0.2, 0.25) is 5.82 Å². The number of hydrogen-bond acceptors (Lipinski definition) is 5. The average Bonchev–Trinajstić information content (AvgIpc) is 3.07. The molecule has 1 aromatic heterocycles. The van der Waals surface area contributed by atoms with Gasteiger partial charge < -0.3 is 14.0 Å². The highest BCUT2D eigenvalue weighted by molar-refractivity contribution is 6.32. The van der Waals surface area contributed by atoms with Crippen molar-refractivity contribution >= 4 is 11.6 Å². The van der Waals surface area contributed by atoms with Gasteiger partial charge in [0.05, 0.1) is 7.11 Å². The number of halogens is 1. The molecule has 0 saturated carbocycles. The quantitative estimate of drug-likeness (QED) is 0.677. The van der Waals surface area contributed by atoms with Crippen LogP contribution in [0.2, 0.25) is 5.02 Å². The standard InChI is InChI=1S/C18H17ClN2O3/c1-11-8-15(9-12(2)17(11)19)23-10-16-20-18(21-24-16)13-4-6-14(22-3)7-5-13/h4-9H,10H2,1-3H3. The molecule has 0 saturated heterocycles. The maximum Gasteiger partial charge on any atom is 0.264 e. The summed E-state index contributed by atoms with van der Waals surface area (Å²) in [5.41, 5.74) is 2.79. The van der Waals surface area contributed by atoms with Gasteiger partial charge in [-0.05, 0) is 61.4 Å². The molecule has 0 fully saturated rings. The zero-order chi connectivity index (χ0) is 17.1. The molecule has 0 aliphatic rings. The second-order valence-electron chi connectivity index (χ2n) is 5.40. The van der Waals surface area contributed by atoms with Gasteiger partial charge in [-0.2, -0.15) is 4.98 Å². The Balaban J connectivity index is 1.70. The summed E-state index contributed by atoms with van der Waals surface area (Å²) in [6, 6.07) is 11.2. The first-order chi connectivity index (χ1) is 11.6. The van der Waals surface area contributed by atoms with Crippen molar-refractivity contribution < 1.29 is 14.0 Å². The lowest BCUT2D eigenvalue weighted by Crippen LogP contribution is -1.97. The van der Waals surface area contributed by atoms with E-state index in [-0.39, 0.29) is 6.61 Å². The minimum Gasteiger partial charge on any atom is -0.497 e. The Morgan fingerprint density at radius 3 is 2.33 bits per heavy atom. The highest BCUT2D eigenvalue weighted by Crippen LogP contribution is 2.26. The van der Waals surface area contributed by atoms with Crippen molar-refractivity contribution in [1.82, 2.24) is 10.1 Å². The van der Waals surface area contributed by atoms with Gasteiger partial charge in [0.15, 0.2) is 6.61 Å². The highest BCUT2D eigenvalue weighted by Gasteiger charge is 2.10. The lowest BCUT2D eigenvalue weighted by Gasteiger charge is -2.08. The van der Waals surface area contributed by atoms with E-state index in [1.165, 1.54) is 0 Å². The van der Waals surface area contributed by atoms with Crippen molar-refractivity contribution in [1.29, 1.82) is 0 Å². The van der Waals surface area contributed by atoms with Crippen LogP contribution in [0.1, 0.15) is 17.0 Å². The zero-order valence-electron chi connectivity index (χ0n) is 13.7. The largest absolute Gasteiger partial charge is 0.497 e. The number of rotatable bonds is 5. The SMILES string of the molecule is COc1ccc(-c2noc(COc3cc(C)c(Cl)c(C)c3)n2)cc1. The van der Waals surface area contributed by atoms with E-state index in [4.69, 9.17) is 25.6 Å². The maximum atomic E-state index is 6.15. The van der Waals surface area contributed by atoms with Crippen LogP contribution in [0.4, 0.5) is 0 Å². The average molecular weight is 345 g/mol. The molecule has 0 unspecified atom stereocenters. The van der Waals surface area contributed by atoms with E-state index < -0.39 is 0 Å². The van der Waals surface area contributed by atoms with E-state index in [1.807, 2.05) is 50.2 Å². The van der Waals surface area contributed by atoms with Crippen LogP contribution in [0.5, 0.6) is 11.5 Å². The molecule has 24 heavy (non-hydrogen) atoms. The molecule has 0 spiro atoms. The minimum absolute atomic E-state index is 0.198. The summed E-state index contributed by atoms with van der Waals surface area (Å²) in [6.45, 7) is 4.08. The summed E-state index contributed by atoms with van der Waals surface area (Å²) >= 11 is 6.15. The lowest BCUT2D eigenvalue weighted by atomic mass is 10.1. The maximum absolute atomic E-state index is 6.15. The number of aromatic nitrogens is 2. The van der Waals surface area contributed by atoms with Crippen LogP contribution in [0, 0.1) is 13.8 Å². The molecule has 0 atom stereocenters. The molecule has 2 aromatic carbocycles.